The lowest BCUT2D eigenvalue weighted by Crippen LogP contribution is -1.97. The van der Waals surface area contributed by atoms with E-state index in [1.165, 1.54) is 16.5 Å². The SMILES string of the molecule is CCn1cc(C)c2cc(CCC(=O)O)ccc21. The summed E-state index contributed by atoms with van der Waals surface area (Å²) in [6.45, 7) is 5.17. The van der Waals surface area contributed by atoms with Crippen molar-refractivity contribution in [3.05, 3.63) is 35.5 Å². The number of aliphatic carboxylic acids is 1. The Balaban J connectivity index is 2.36. The van der Waals surface area contributed by atoms with E-state index < -0.39 is 5.97 Å². The largest absolute Gasteiger partial charge is 0.481 e. The molecule has 0 saturated heterocycles. The van der Waals surface area contributed by atoms with Crippen molar-refractivity contribution in [3.63, 3.8) is 0 Å². The van der Waals surface area contributed by atoms with Crippen LogP contribution in [0.1, 0.15) is 24.5 Å². The second kappa shape index (κ2) is 4.62. The molecule has 0 aliphatic carbocycles. The molecule has 0 fully saturated rings. The summed E-state index contributed by atoms with van der Waals surface area (Å²) in [5, 5.41) is 9.91. The average molecular weight is 231 g/mol. The van der Waals surface area contributed by atoms with Crippen molar-refractivity contribution in [2.75, 3.05) is 0 Å². The Morgan fingerprint density at radius 1 is 1.41 bits per heavy atom. The summed E-state index contributed by atoms with van der Waals surface area (Å²) >= 11 is 0. The third-order valence-corrected chi connectivity index (χ3v) is 3.11. The van der Waals surface area contributed by atoms with E-state index >= 15 is 0 Å². The van der Waals surface area contributed by atoms with Crippen LogP contribution < -0.4 is 0 Å². The molecule has 0 unspecified atom stereocenters. The van der Waals surface area contributed by atoms with Gasteiger partial charge in [-0.2, -0.15) is 0 Å². The zero-order valence-electron chi connectivity index (χ0n) is 10.2. The van der Waals surface area contributed by atoms with Gasteiger partial charge in [0.25, 0.3) is 0 Å². The number of hydrogen-bond donors (Lipinski definition) is 1. The molecule has 3 heteroatoms. The molecule has 2 rings (SSSR count). The second-order valence-electron chi connectivity index (χ2n) is 4.34. The zero-order valence-corrected chi connectivity index (χ0v) is 10.2. The molecule has 1 N–H and O–H groups in total. The summed E-state index contributed by atoms with van der Waals surface area (Å²) < 4.78 is 2.21. The van der Waals surface area contributed by atoms with Gasteiger partial charge in [-0.15, -0.1) is 0 Å². The molecular formula is C14H17NO2. The van der Waals surface area contributed by atoms with E-state index in [-0.39, 0.29) is 6.42 Å². The van der Waals surface area contributed by atoms with Crippen LogP contribution in [0.4, 0.5) is 0 Å². The second-order valence-corrected chi connectivity index (χ2v) is 4.34. The van der Waals surface area contributed by atoms with E-state index in [0.717, 1.165) is 12.1 Å². The first-order valence-corrected chi connectivity index (χ1v) is 5.92. The van der Waals surface area contributed by atoms with Crippen LogP contribution in [0.2, 0.25) is 0 Å². The van der Waals surface area contributed by atoms with Gasteiger partial charge in [0, 0.05) is 30.1 Å². The minimum Gasteiger partial charge on any atom is -0.481 e. The first-order chi connectivity index (χ1) is 8.11. The quantitative estimate of drug-likeness (QED) is 0.879. The Labute approximate surface area is 101 Å². The zero-order chi connectivity index (χ0) is 12.4. The molecule has 0 bridgehead atoms. The van der Waals surface area contributed by atoms with Crippen LogP contribution in [0.15, 0.2) is 24.4 Å². The van der Waals surface area contributed by atoms with E-state index in [0.29, 0.717) is 6.42 Å². The maximum Gasteiger partial charge on any atom is 0.303 e. The number of carboxylic acid groups (broad SMARTS) is 1. The topological polar surface area (TPSA) is 42.2 Å². The fourth-order valence-corrected chi connectivity index (χ4v) is 2.19. The highest BCUT2D eigenvalue weighted by molar-refractivity contribution is 5.84. The number of fused-ring (bicyclic) bond motifs is 1. The lowest BCUT2D eigenvalue weighted by atomic mass is 10.1. The minimum atomic E-state index is -0.743. The monoisotopic (exact) mass is 231 g/mol. The van der Waals surface area contributed by atoms with Gasteiger partial charge >= 0.3 is 5.97 Å². The highest BCUT2D eigenvalue weighted by Crippen LogP contribution is 2.22. The molecule has 17 heavy (non-hydrogen) atoms. The number of benzene rings is 1. The van der Waals surface area contributed by atoms with Crippen molar-refractivity contribution < 1.29 is 9.90 Å². The predicted octanol–water partition coefficient (Wildman–Crippen LogP) is 2.99. The van der Waals surface area contributed by atoms with Crippen molar-refractivity contribution in [1.29, 1.82) is 0 Å². The molecule has 0 saturated carbocycles. The van der Waals surface area contributed by atoms with E-state index in [9.17, 15) is 4.79 Å². The van der Waals surface area contributed by atoms with Gasteiger partial charge < -0.3 is 9.67 Å². The smallest absolute Gasteiger partial charge is 0.303 e. The number of aryl methyl sites for hydroxylation is 3. The normalized spacial score (nSPS) is 10.9. The van der Waals surface area contributed by atoms with E-state index in [1.807, 2.05) is 6.07 Å². The molecule has 1 aromatic heterocycles. The third kappa shape index (κ3) is 2.33. The van der Waals surface area contributed by atoms with E-state index in [4.69, 9.17) is 5.11 Å². The Hall–Kier alpha value is -1.77. The average Bonchev–Trinajstić information content (AvgIpc) is 2.63. The van der Waals surface area contributed by atoms with Crippen LogP contribution in [-0.4, -0.2) is 15.6 Å². The molecule has 0 amide bonds. The Kier molecular flexibility index (Phi) is 3.18. The Bertz CT molecular complexity index is 555. The Morgan fingerprint density at radius 3 is 2.82 bits per heavy atom. The molecule has 2 aromatic rings. The van der Waals surface area contributed by atoms with Crippen LogP contribution in [0.3, 0.4) is 0 Å². The van der Waals surface area contributed by atoms with E-state index in [1.54, 1.807) is 0 Å². The van der Waals surface area contributed by atoms with Crippen LogP contribution >= 0.6 is 0 Å². The summed E-state index contributed by atoms with van der Waals surface area (Å²) in [6, 6.07) is 6.22. The molecule has 0 atom stereocenters. The van der Waals surface area contributed by atoms with Gasteiger partial charge in [-0.05, 0) is 43.5 Å². The number of hydrogen-bond acceptors (Lipinski definition) is 1. The summed E-state index contributed by atoms with van der Waals surface area (Å²) in [7, 11) is 0. The van der Waals surface area contributed by atoms with Crippen LogP contribution in [0.5, 0.6) is 0 Å². The summed E-state index contributed by atoms with van der Waals surface area (Å²) in [5.74, 6) is -0.743. The number of carboxylic acids is 1. The fraction of sp³-hybridized carbons (Fsp3) is 0.357. The van der Waals surface area contributed by atoms with Crippen LogP contribution in [0.25, 0.3) is 10.9 Å². The highest BCUT2D eigenvalue weighted by Gasteiger charge is 2.06. The predicted molar refractivity (Wildman–Crippen MR) is 68.3 cm³/mol. The highest BCUT2D eigenvalue weighted by atomic mass is 16.4. The lowest BCUT2D eigenvalue weighted by Gasteiger charge is -2.03. The molecule has 3 nitrogen and oxygen atoms in total. The van der Waals surface area contributed by atoms with Gasteiger partial charge in [0.05, 0.1) is 0 Å². The van der Waals surface area contributed by atoms with Crippen molar-refractivity contribution in [2.45, 2.75) is 33.2 Å². The van der Waals surface area contributed by atoms with Crippen molar-refractivity contribution >= 4 is 16.9 Å². The molecule has 1 aromatic carbocycles. The molecule has 0 aliphatic rings. The lowest BCUT2D eigenvalue weighted by molar-refractivity contribution is -0.136. The van der Waals surface area contributed by atoms with Crippen molar-refractivity contribution in [1.82, 2.24) is 4.57 Å². The fourth-order valence-electron chi connectivity index (χ4n) is 2.19. The van der Waals surface area contributed by atoms with Gasteiger partial charge in [0.15, 0.2) is 0 Å². The van der Waals surface area contributed by atoms with Gasteiger partial charge in [-0.25, -0.2) is 0 Å². The maximum absolute atomic E-state index is 10.5. The van der Waals surface area contributed by atoms with Crippen LogP contribution in [0, 0.1) is 6.92 Å². The number of carbonyl (C=O) groups is 1. The van der Waals surface area contributed by atoms with Crippen LogP contribution in [-0.2, 0) is 17.8 Å². The van der Waals surface area contributed by atoms with Gasteiger partial charge in [-0.3, -0.25) is 4.79 Å². The number of nitrogens with zero attached hydrogens (tertiary/aromatic N) is 1. The Morgan fingerprint density at radius 2 is 2.18 bits per heavy atom. The molecule has 0 aliphatic heterocycles. The van der Waals surface area contributed by atoms with Gasteiger partial charge in [-0.1, -0.05) is 6.07 Å². The molecule has 0 radical (unpaired) electrons. The third-order valence-electron chi connectivity index (χ3n) is 3.11. The standard InChI is InChI=1S/C14H17NO2/c1-3-15-9-10(2)12-8-11(4-6-13(12)15)5-7-14(16)17/h4,6,8-9H,3,5,7H2,1-2H3,(H,16,17). The first-order valence-electron chi connectivity index (χ1n) is 5.92. The molecule has 1 heterocycles. The first kappa shape index (κ1) is 11.7. The van der Waals surface area contributed by atoms with Gasteiger partial charge in [0.2, 0.25) is 0 Å². The number of rotatable bonds is 4. The van der Waals surface area contributed by atoms with Gasteiger partial charge in [0.1, 0.15) is 0 Å². The summed E-state index contributed by atoms with van der Waals surface area (Å²) in [6.07, 6.45) is 2.94. The molecule has 90 valence electrons. The summed E-state index contributed by atoms with van der Waals surface area (Å²) in [4.78, 5) is 10.5. The van der Waals surface area contributed by atoms with E-state index in [2.05, 4.69) is 36.7 Å². The molecular weight excluding hydrogens is 214 g/mol. The van der Waals surface area contributed by atoms with Crippen molar-refractivity contribution in [2.24, 2.45) is 0 Å². The number of aromatic nitrogens is 1. The summed E-state index contributed by atoms with van der Waals surface area (Å²) in [5.41, 5.74) is 3.57. The minimum absolute atomic E-state index is 0.193. The maximum atomic E-state index is 10.5. The van der Waals surface area contributed by atoms with Crippen molar-refractivity contribution in [3.8, 4) is 0 Å². The molecule has 0 spiro atoms.